The molecule has 41 heavy (non-hydrogen) atoms. The van der Waals surface area contributed by atoms with Crippen molar-refractivity contribution < 1.29 is 24.2 Å². The highest BCUT2D eigenvalue weighted by atomic mass is 16.5. The molecule has 6 nitrogen and oxygen atoms in total. The van der Waals surface area contributed by atoms with Crippen LogP contribution in [-0.4, -0.2) is 60.4 Å². The Hall–Kier alpha value is -1.14. The third-order valence-corrected chi connectivity index (χ3v) is 7.98. The van der Waals surface area contributed by atoms with E-state index in [1.807, 2.05) is 6.92 Å². The van der Waals surface area contributed by atoms with Gasteiger partial charge in [-0.1, -0.05) is 97.8 Å². The van der Waals surface area contributed by atoms with Crippen LogP contribution in [-0.2, 0) is 19.1 Å². The van der Waals surface area contributed by atoms with Gasteiger partial charge in [-0.25, -0.2) is 0 Å². The Morgan fingerprint density at radius 2 is 1.02 bits per heavy atom. The highest BCUT2D eigenvalue weighted by molar-refractivity contribution is 5.69. The molecule has 0 aliphatic heterocycles. The molecular weight excluding hydrogens is 514 g/mol. The number of unbranched alkanes of at least 4 members (excludes halogenated alkanes) is 13. The van der Waals surface area contributed by atoms with Crippen LogP contribution < -0.4 is 0 Å². The quantitative estimate of drug-likeness (QED) is 0.0648. The summed E-state index contributed by atoms with van der Waals surface area (Å²) in [4.78, 5) is 26.9. The number of nitrogens with zero attached hydrogens (tertiary/aromatic N) is 1. The first-order chi connectivity index (χ1) is 20.0. The molecule has 0 amide bonds. The molecule has 2 unspecified atom stereocenters. The smallest absolute Gasteiger partial charge is 0.306 e. The van der Waals surface area contributed by atoms with Crippen molar-refractivity contribution in [3.8, 4) is 0 Å². The lowest BCUT2D eigenvalue weighted by molar-refractivity contribution is -0.150. The number of aliphatic hydroxyl groups excluding tert-OH is 1. The van der Waals surface area contributed by atoms with Crippen LogP contribution in [0.25, 0.3) is 0 Å². The molecule has 0 saturated heterocycles. The van der Waals surface area contributed by atoms with E-state index in [0.717, 1.165) is 90.1 Å². The summed E-state index contributed by atoms with van der Waals surface area (Å²) >= 11 is 0. The van der Waals surface area contributed by atoms with Gasteiger partial charge >= 0.3 is 11.9 Å². The number of ether oxygens (including phenoxy) is 2. The van der Waals surface area contributed by atoms with Gasteiger partial charge in [0, 0.05) is 19.4 Å². The standard InChI is InChI=1S/C35H69NO5/c1-5-8-11-14-18-23-32(4)40-34(38)27-22-29-36(30-31-37)28-21-16-13-15-20-26-35(39)41-33(24-17-10-7-3)25-19-12-9-6-2/h32-33,37H,5-31H2,1-4H3. The number of esters is 2. The Balaban J connectivity index is 4.00. The second kappa shape index (κ2) is 30.3. The SMILES string of the molecule is CCCCCCCC(C)OC(=O)CCCN(CCO)CCCCCCCC(=O)OC(CCCCC)CCCCCC. The van der Waals surface area contributed by atoms with Crippen molar-refractivity contribution in [3.63, 3.8) is 0 Å². The van der Waals surface area contributed by atoms with Gasteiger partial charge in [0.1, 0.15) is 6.10 Å². The van der Waals surface area contributed by atoms with E-state index in [4.69, 9.17) is 9.47 Å². The van der Waals surface area contributed by atoms with Crippen molar-refractivity contribution in [3.05, 3.63) is 0 Å². The molecule has 0 radical (unpaired) electrons. The normalized spacial score (nSPS) is 12.9. The van der Waals surface area contributed by atoms with E-state index in [9.17, 15) is 14.7 Å². The second-order valence-electron chi connectivity index (χ2n) is 12.1. The highest BCUT2D eigenvalue weighted by Gasteiger charge is 2.14. The highest BCUT2D eigenvalue weighted by Crippen LogP contribution is 2.17. The van der Waals surface area contributed by atoms with Gasteiger partial charge in [0.2, 0.25) is 0 Å². The van der Waals surface area contributed by atoms with Gasteiger partial charge in [0.15, 0.2) is 0 Å². The van der Waals surface area contributed by atoms with Crippen LogP contribution in [0.2, 0.25) is 0 Å². The number of carbonyl (C=O) groups excluding carboxylic acids is 2. The molecule has 2 atom stereocenters. The van der Waals surface area contributed by atoms with Crippen LogP contribution in [0.3, 0.4) is 0 Å². The Kier molecular flexibility index (Phi) is 29.5. The minimum atomic E-state index is -0.0997. The van der Waals surface area contributed by atoms with Crippen molar-refractivity contribution in [1.29, 1.82) is 0 Å². The van der Waals surface area contributed by atoms with E-state index >= 15 is 0 Å². The van der Waals surface area contributed by atoms with E-state index in [1.165, 1.54) is 57.8 Å². The van der Waals surface area contributed by atoms with Crippen LogP contribution in [0.4, 0.5) is 0 Å². The molecule has 0 rings (SSSR count). The maximum Gasteiger partial charge on any atom is 0.306 e. The van der Waals surface area contributed by atoms with Crippen molar-refractivity contribution in [2.75, 3.05) is 26.2 Å². The Bertz CT molecular complexity index is 585. The lowest BCUT2D eigenvalue weighted by atomic mass is 10.0. The van der Waals surface area contributed by atoms with Crippen molar-refractivity contribution >= 4 is 11.9 Å². The molecule has 0 fully saturated rings. The maximum absolute atomic E-state index is 12.4. The van der Waals surface area contributed by atoms with Crippen molar-refractivity contribution in [2.45, 2.75) is 188 Å². The minimum Gasteiger partial charge on any atom is -0.463 e. The molecule has 6 heteroatoms. The minimum absolute atomic E-state index is 0.00213. The second-order valence-corrected chi connectivity index (χ2v) is 12.1. The zero-order valence-electron chi connectivity index (χ0n) is 27.8. The Morgan fingerprint density at radius 1 is 0.561 bits per heavy atom. The summed E-state index contributed by atoms with van der Waals surface area (Å²) in [5.74, 6) is -0.117. The first kappa shape index (κ1) is 39.9. The summed E-state index contributed by atoms with van der Waals surface area (Å²) in [6.45, 7) is 11.2. The molecule has 0 aromatic heterocycles. The first-order valence-electron chi connectivity index (χ1n) is 17.7. The number of hydrogen-bond donors (Lipinski definition) is 1. The third kappa shape index (κ3) is 27.4. The van der Waals surface area contributed by atoms with E-state index in [2.05, 4.69) is 25.7 Å². The van der Waals surface area contributed by atoms with Gasteiger partial charge in [-0.05, 0) is 77.8 Å². The average molecular weight is 584 g/mol. The van der Waals surface area contributed by atoms with Crippen molar-refractivity contribution in [2.24, 2.45) is 0 Å². The summed E-state index contributed by atoms with van der Waals surface area (Å²) in [7, 11) is 0. The van der Waals surface area contributed by atoms with Crippen LogP contribution in [0.15, 0.2) is 0 Å². The number of hydrogen-bond acceptors (Lipinski definition) is 6. The largest absolute Gasteiger partial charge is 0.463 e. The van der Waals surface area contributed by atoms with Gasteiger partial charge in [-0.2, -0.15) is 0 Å². The zero-order valence-corrected chi connectivity index (χ0v) is 27.8. The predicted octanol–water partition coefficient (Wildman–Crippen LogP) is 9.16. The lowest BCUT2D eigenvalue weighted by Crippen LogP contribution is -2.29. The molecule has 0 aromatic rings. The summed E-state index contributed by atoms with van der Waals surface area (Å²) in [6.07, 6.45) is 24.7. The fourth-order valence-electron chi connectivity index (χ4n) is 5.36. The molecule has 0 bridgehead atoms. The Labute approximate surface area is 254 Å². The van der Waals surface area contributed by atoms with Gasteiger partial charge < -0.3 is 19.5 Å². The number of carbonyl (C=O) groups is 2. The Morgan fingerprint density at radius 3 is 1.71 bits per heavy atom. The lowest BCUT2D eigenvalue weighted by Gasteiger charge is -2.21. The molecule has 0 spiro atoms. The fraction of sp³-hybridized carbons (Fsp3) is 0.943. The molecule has 0 aliphatic rings. The molecule has 0 aromatic carbocycles. The molecule has 244 valence electrons. The van der Waals surface area contributed by atoms with E-state index in [0.29, 0.717) is 19.4 Å². The van der Waals surface area contributed by atoms with E-state index in [-0.39, 0.29) is 30.8 Å². The van der Waals surface area contributed by atoms with E-state index in [1.54, 1.807) is 0 Å². The van der Waals surface area contributed by atoms with Crippen LogP contribution >= 0.6 is 0 Å². The fourth-order valence-corrected chi connectivity index (χ4v) is 5.36. The molecule has 0 aliphatic carbocycles. The predicted molar refractivity (Wildman–Crippen MR) is 172 cm³/mol. The van der Waals surface area contributed by atoms with Gasteiger partial charge in [-0.15, -0.1) is 0 Å². The summed E-state index contributed by atoms with van der Waals surface area (Å²) < 4.78 is 11.4. The maximum atomic E-state index is 12.4. The van der Waals surface area contributed by atoms with Crippen molar-refractivity contribution in [1.82, 2.24) is 4.90 Å². The first-order valence-corrected chi connectivity index (χ1v) is 17.7. The third-order valence-electron chi connectivity index (χ3n) is 7.98. The van der Waals surface area contributed by atoms with Crippen LogP contribution in [0, 0.1) is 0 Å². The topological polar surface area (TPSA) is 76.1 Å². The number of rotatable bonds is 31. The van der Waals surface area contributed by atoms with E-state index < -0.39 is 0 Å². The van der Waals surface area contributed by atoms with Crippen LogP contribution in [0.5, 0.6) is 0 Å². The zero-order chi connectivity index (χ0) is 30.4. The van der Waals surface area contributed by atoms with Gasteiger partial charge in [0.25, 0.3) is 0 Å². The summed E-state index contributed by atoms with van der Waals surface area (Å²) in [5, 5.41) is 9.44. The van der Waals surface area contributed by atoms with Crippen LogP contribution in [0.1, 0.15) is 175 Å². The monoisotopic (exact) mass is 584 g/mol. The molecule has 0 heterocycles. The number of aliphatic hydroxyl groups is 1. The van der Waals surface area contributed by atoms with Gasteiger partial charge in [0.05, 0.1) is 12.7 Å². The summed E-state index contributed by atoms with van der Waals surface area (Å²) in [6, 6.07) is 0. The molecular formula is C35H69NO5. The molecule has 1 N–H and O–H groups in total. The summed E-state index contributed by atoms with van der Waals surface area (Å²) in [5.41, 5.74) is 0. The molecule has 0 saturated carbocycles. The van der Waals surface area contributed by atoms with Gasteiger partial charge in [-0.3, -0.25) is 9.59 Å². The average Bonchev–Trinajstić information content (AvgIpc) is 2.94.